The number of carbonyl (C=O) groups is 1. The van der Waals surface area contributed by atoms with Crippen molar-refractivity contribution < 1.29 is 42.4 Å². The van der Waals surface area contributed by atoms with Gasteiger partial charge in [0.05, 0.1) is 0 Å². The van der Waals surface area contributed by atoms with Crippen LogP contribution in [-0.2, 0) is 31.3 Å². The molecule has 1 unspecified atom stereocenters. The Kier molecular flexibility index (Phi) is 37.4. The molecule has 0 amide bonds. The predicted molar refractivity (Wildman–Crippen MR) is 122 cm³/mol. The van der Waals surface area contributed by atoms with E-state index in [4.69, 9.17) is 5.73 Å². The number of hydrogen-bond donors (Lipinski definition) is 0. The molecule has 3 nitrogen and oxygen atoms in total. The largest absolute Gasteiger partial charge is 3.00 e. The van der Waals surface area contributed by atoms with Crippen LogP contribution in [0.25, 0.3) is 5.73 Å². The van der Waals surface area contributed by atoms with Gasteiger partial charge in [0.1, 0.15) is 0 Å². The van der Waals surface area contributed by atoms with Crippen molar-refractivity contribution in [1.29, 1.82) is 0 Å². The SMILES string of the molecule is C[PH+](C)C.C[PH+](C)C.C[PH+](C)C.[Cl-].[Ir+3].[NH-]C(Cc1ccccc1)C(=O)[O-]. The Labute approximate surface area is 185 Å². The van der Waals surface area contributed by atoms with Crippen LogP contribution in [0.2, 0.25) is 0 Å². The summed E-state index contributed by atoms with van der Waals surface area (Å²) < 4.78 is 0. The molecule has 26 heavy (non-hydrogen) atoms. The maximum atomic E-state index is 10.2. The van der Waals surface area contributed by atoms with Crippen LogP contribution in [0.15, 0.2) is 30.3 Å². The minimum atomic E-state index is -1.32. The first-order valence-electron chi connectivity index (χ1n) is 8.16. The van der Waals surface area contributed by atoms with Gasteiger partial charge in [0.15, 0.2) is 0 Å². The third-order valence-electron chi connectivity index (χ3n) is 1.57. The molecule has 0 heterocycles. The first kappa shape index (κ1) is 37.6. The summed E-state index contributed by atoms with van der Waals surface area (Å²) in [7, 11) is 0.361. The normalized spacial score (nSPS) is 9.88. The molecule has 0 spiro atoms. The third-order valence-corrected chi connectivity index (χ3v) is 1.57. The number of aliphatic carboxylic acids is 1. The van der Waals surface area contributed by atoms with Crippen LogP contribution >= 0.6 is 23.8 Å². The number of halogens is 1. The van der Waals surface area contributed by atoms with E-state index in [1.807, 2.05) is 18.2 Å². The molecule has 0 aliphatic carbocycles. The zero-order valence-electron chi connectivity index (χ0n) is 17.7. The van der Waals surface area contributed by atoms with Crippen LogP contribution in [-0.4, -0.2) is 72.0 Å². The summed E-state index contributed by atoms with van der Waals surface area (Å²) in [6.07, 6.45) is 0.211. The molecule has 1 aromatic rings. The van der Waals surface area contributed by atoms with Crippen molar-refractivity contribution in [3.8, 4) is 0 Å². The predicted octanol–water partition coefficient (Wildman–Crippen LogP) is 0.671. The summed E-state index contributed by atoms with van der Waals surface area (Å²) in [5.41, 5.74) is 7.95. The monoisotopic (exact) mass is 622 g/mol. The molecule has 0 bridgehead atoms. The van der Waals surface area contributed by atoms with Gasteiger partial charge >= 0.3 is 20.1 Å². The van der Waals surface area contributed by atoms with E-state index in [9.17, 15) is 9.90 Å². The van der Waals surface area contributed by atoms with Gasteiger partial charge in [0, 0.05) is 66.0 Å². The maximum absolute atomic E-state index is 10.2. The van der Waals surface area contributed by atoms with Gasteiger partial charge in [-0.05, 0) is 35.7 Å². The van der Waals surface area contributed by atoms with E-state index in [2.05, 4.69) is 60.0 Å². The van der Waals surface area contributed by atoms with Crippen LogP contribution in [0.5, 0.6) is 0 Å². The van der Waals surface area contributed by atoms with Gasteiger partial charge in [-0.3, -0.25) is 0 Å². The van der Waals surface area contributed by atoms with Crippen LogP contribution in [0.1, 0.15) is 5.56 Å². The van der Waals surface area contributed by atoms with Crippen molar-refractivity contribution in [2.45, 2.75) is 12.5 Å². The smallest absolute Gasteiger partial charge is 1.00 e. The molecule has 0 aromatic heterocycles. The van der Waals surface area contributed by atoms with Crippen molar-refractivity contribution in [3.05, 3.63) is 41.6 Å². The van der Waals surface area contributed by atoms with E-state index >= 15 is 0 Å². The molecular formula is C18H39ClIrNO2P3+3. The average Bonchev–Trinajstić information content (AvgIpc) is 2.37. The molecule has 8 heteroatoms. The topological polar surface area (TPSA) is 63.9 Å². The van der Waals surface area contributed by atoms with E-state index in [1.54, 1.807) is 12.1 Å². The summed E-state index contributed by atoms with van der Waals surface area (Å²) in [4.78, 5) is 10.2. The Bertz CT molecular complexity index is 375. The van der Waals surface area contributed by atoms with Gasteiger partial charge in [-0.15, -0.1) is 0 Å². The molecule has 0 aliphatic rings. The molecule has 0 fully saturated rings. The quantitative estimate of drug-likeness (QED) is 0.466. The van der Waals surface area contributed by atoms with Gasteiger partial charge in [-0.25, -0.2) is 0 Å². The summed E-state index contributed by atoms with van der Waals surface area (Å²) in [5.74, 6) is -1.32. The fourth-order valence-electron chi connectivity index (χ4n) is 0.933. The van der Waals surface area contributed by atoms with Crippen LogP contribution < -0.4 is 17.5 Å². The number of carboxylic acids is 1. The van der Waals surface area contributed by atoms with Gasteiger partial charge < -0.3 is 28.0 Å². The number of nitrogens with one attached hydrogen (secondary N) is 1. The standard InChI is InChI=1S/C9H10NO2.3C3H9P.ClH.Ir/c10-8(9(11)12)6-7-4-2-1-3-5-7;3*1-4(2)3;;/h1-5,8,10H,6H2,(H,11,12);3*1-3H3;1H;/q-1;;;;;+3/p+1. The second-order valence-corrected chi connectivity index (χ2v) is 16.1. The minimum absolute atomic E-state index is 0. The number of rotatable bonds is 3. The van der Waals surface area contributed by atoms with Crippen molar-refractivity contribution in [2.24, 2.45) is 0 Å². The van der Waals surface area contributed by atoms with Crippen molar-refractivity contribution >= 4 is 29.7 Å². The maximum Gasteiger partial charge on any atom is 3.00 e. The van der Waals surface area contributed by atoms with Crippen molar-refractivity contribution in [3.63, 3.8) is 0 Å². The summed E-state index contributed by atoms with van der Waals surface area (Å²) >= 11 is 0. The molecule has 0 aliphatic heterocycles. The second kappa shape index (κ2) is 25.9. The summed E-state index contributed by atoms with van der Waals surface area (Å²) in [6, 6.07) is 7.91. The number of hydrogen-bond acceptors (Lipinski definition) is 2. The molecule has 1 N–H and O–H groups in total. The fourth-order valence-corrected chi connectivity index (χ4v) is 0.933. The number of benzene rings is 1. The van der Waals surface area contributed by atoms with Crippen molar-refractivity contribution in [2.75, 3.05) is 60.0 Å². The Morgan fingerprint density at radius 1 is 0.885 bits per heavy atom. The van der Waals surface area contributed by atoms with Gasteiger partial charge in [0.2, 0.25) is 0 Å². The molecule has 0 saturated carbocycles. The second-order valence-electron chi connectivity index (χ2n) is 7.06. The van der Waals surface area contributed by atoms with Crippen LogP contribution in [0.3, 0.4) is 0 Å². The number of carboxylic acid groups (broad SMARTS) is 1. The Morgan fingerprint density at radius 3 is 1.38 bits per heavy atom. The van der Waals surface area contributed by atoms with Crippen molar-refractivity contribution in [1.82, 2.24) is 0 Å². The fraction of sp³-hybridized carbons (Fsp3) is 0.611. The summed E-state index contributed by atoms with van der Waals surface area (Å²) in [6.45, 7) is 20.4. The molecule has 1 atom stereocenters. The minimum Gasteiger partial charge on any atom is -1.00 e. The molecule has 1 rings (SSSR count). The van der Waals surface area contributed by atoms with E-state index in [-0.39, 0.29) is 62.7 Å². The molecule has 1 aromatic carbocycles. The van der Waals surface area contributed by atoms with Crippen LogP contribution in [0.4, 0.5) is 0 Å². The first-order chi connectivity index (χ1) is 10.9. The third kappa shape index (κ3) is 49.8. The molecule has 0 saturated heterocycles. The Balaban J connectivity index is -0.0000000886. The van der Waals surface area contributed by atoms with E-state index in [1.165, 1.54) is 0 Å². The average molecular weight is 622 g/mol. The van der Waals surface area contributed by atoms with Gasteiger partial charge in [-0.1, -0.05) is 36.4 Å². The molecule has 156 valence electrons. The van der Waals surface area contributed by atoms with Gasteiger partial charge in [0.25, 0.3) is 0 Å². The van der Waals surface area contributed by atoms with Gasteiger partial charge in [-0.2, -0.15) is 0 Å². The summed E-state index contributed by atoms with van der Waals surface area (Å²) in [5, 5.41) is 10.2. The Hall–Kier alpha value is 0.879. The van der Waals surface area contributed by atoms with Crippen LogP contribution in [0, 0.1) is 0 Å². The number of carbonyl (C=O) groups excluding carboxylic acids is 1. The van der Waals surface area contributed by atoms with E-state index in [0.29, 0.717) is 0 Å². The zero-order valence-corrected chi connectivity index (χ0v) is 23.9. The Morgan fingerprint density at radius 2 is 1.15 bits per heavy atom. The van der Waals surface area contributed by atoms with E-state index in [0.717, 1.165) is 5.56 Å². The van der Waals surface area contributed by atoms with E-state index < -0.39 is 12.0 Å². The first-order valence-corrected chi connectivity index (χ1v) is 17.2. The molecular weight excluding hydrogens is 583 g/mol. The zero-order chi connectivity index (χ0) is 19.7. The molecule has 0 radical (unpaired) electrons.